The van der Waals surface area contributed by atoms with Crippen molar-refractivity contribution in [2.24, 2.45) is 0 Å². The topological polar surface area (TPSA) is 27.1 Å². The molecule has 1 aromatic heterocycles. The maximum atomic E-state index is 5.37. The van der Waals surface area contributed by atoms with E-state index in [0.29, 0.717) is 6.04 Å². The molecule has 0 spiro atoms. The van der Waals surface area contributed by atoms with E-state index in [2.05, 4.69) is 21.0 Å². The Hall–Kier alpha value is -0.350. The molecular weight excluding hydrogens is 220 g/mol. The lowest BCUT2D eigenvalue weighted by atomic mass is 10.1. The molecule has 12 heavy (non-hydrogen) atoms. The Labute approximate surface area is 79.8 Å². The number of hydrogen-bond donors (Lipinski definition) is 0. The molecule has 0 saturated carbocycles. The summed E-state index contributed by atoms with van der Waals surface area (Å²) in [6.07, 6.45) is 6.13. The highest BCUT2D eigenvalue weighted by Crippen LogP contribution is 2.20. The molecule has 4 heteroatoms. The molecule has 2 heterocycles. The van der Waals surface area contributed by atoms with Gasteiger partial charge in [-0.05, 0) is 28.8 Å². The van der Waals surface area contributed by atoms with E-state index in [1.807, 2.05) is 17.1 Å². The first-order chi connectivity index (χ1) is 5.86. The average Bonchev–Trinajstić information content (AvgIpc) is 2.54. The lowest BCUT2D eigenvalue weighted by Crippen LogP contribution is -2.21. The molecule has 3 nitrogen and oxygen atoms in total. The molecule has 1 aliphatic rings. The van der Waals surface area contributed by atoms with Crippen LogP contribution in [0.2, 0.25) is 0 Å². The van der Waals surface area contributed by atoms with Crippen molar-refractivity contribution in [1.29, 1.82) is 0 Å². The standard InChI is InChI=1S/C8H11BrN2O/c9-7-4-10-11(5-7)8-2-1-3-12-6-8/h4-5,8H,1-3,6H2. The summed E-state index contributed by atoms with van der Waals surface area (Å²) in [5.74, 6) is 0. The van der Waals surface area contributed by atoms with E-state index in [4.69, 9.17) is 4.74 Å². The van der Waals surface area contributed by atoms with Gasteiger partial charge in [0.1, 0.15) is 0 Å². The molecule has 1 aromatic rings. The van der Waals surface area contributed by atoms with Gasteiger partial charge in [0.25, 0.3) is 0 Å². The summed E-state index contributed by atoms with van der Waals surface area (Å²) in [6, 6.07) is 0.435. The van der Waals surface area contributed by atoms with Crippen LogP contribution < -0.4 is 0 Å². The second-order valence-electron chi connectivity index (χ2n) is 3.01. The zero-order chi connectivity index (χ0) is 8.39. The van der Waals surface area contributed by atoms with Gasteiger partial charge in [0.15, 0.2) is 0 Å². The zero-order valence-corrected chi connectivity index (χ0v) is 8.33. The third-order valence-electron chi connectivity index (χ3n) is 2.08. The monoisotopic (exact) mass is 230 g/mol. The first-order valence-corrected chi connectivity index (χ1v) is 4.93. The molecule has 0 amide bonds. The van der Waals surface area contributed by atoms with E-state index in [-0.39, 0.29) is 0 Å². The van der Waals surface area contributed by atoms with Crippen LogP contribution in [-0.2, 0) is 4.74 Å². The van der Waals surface area contributed by atoms with Crippen LogP contribution in [0.15, 0.2) is 16.9 Å². The van der Waals surface area contributed by atoms with Crippen molar-refractivity contribution in [2.45, 2.75) is 18.9 Å². The van der Waals surface area contributed by atoms with Crippen molar-refractivity contribution in [3.63, 3.8) is 0 Å². The molecule has 1 atom stereocenters. The van der Waals surface area contributed by atoms with E-state index in [0.717, 1.165) is 24.1 Å². The van der Waals surface area contributed by atoms with Gasteiger partial charge in [-0.15, -0.1) is 0 Å². The van der Waals surface area contributed by atoms with Gasteiger partial charge in [0.2, 0.25) is 0 Å². The van der Waals surface area contributed by atoms with Crippen LogP contribution in [0.1, 0.15) is 18.9 Å². The summed E-state index contributed by atoms with van der Waals surface area (Å²) in [4.78, 5) is 0. The first kappa shape index (κ1) is 8.26. The molecule has 1 aliphatic heterocycles. The van der Waals surface area contributed by atoms with Crippen molar-refractivity contribution >= 4 is 15.9 Å². The van der Waals surface area contributed by atoms with Crippen LogP contribution in [0.5, 0.6) is 0 Å². The lowest BCUT2D eigenvalue weighted by Gasteiger charge is -2.22. The highest BCUT2D eigenvalue weighted by molar-refractivity contribution is 9.10. The molecule has 0 aromatic carbocycles. The molecule has 1 unspecified atom stereocenters. The maximum Gasteiger partial charge on any atom is 0.0753 e. The Kier molecular flexibility index (Phi) is 2.46. The molecule has 0 aliphatic carbocycles. The Morgan fingerprint density at radius 3 is 3.17 bits per heavy atom. The summed E-state index contributed by atoms with van der Waals surface area (Å²) >= 11 is 3.37. The molecule has 0 N–H and O–H groups in total. The summed E-state index contributed by atoms with van der Waals surface area (Å²) in [6.45, 7) is 1.70. The van der Waals surface area contributed by atoms with Gasteiger partial charge < -0.3 is 4.74 Å². The number of aromatic nitrogens is 2. The van der Waals surface area contributed by atoms with E-state index in [1.165, 1.54) is 6.42 Å². The number of hydrogen-bond acceptors (Lipinski definition) is 2. The summed E-state index contributed by atoms with van der Waals surface area (Å²) in [5, 5.41) is 4.23. The minimum absolute atomic E-state index is 0.435. The van der Waals surface area contributed by atoms with Gasteiger partial charge >= 0.3 is 0 Å². The summed E-state index contributed by atoms with van der Waals surface area (Å²) in [7, 11) is 0. The zero-order valence-electron chi connectivity index (χ0n) is 6.74. The number of halogens is 1. The Balaban J connectivity index is 2.08. The fourth-order valence-corrected chi connectivity index (χ4v) is 1.75. The molecule has 1 saturated heterocycles. The fourth-order valence-electron chi connectivity index (χ4n) is 1.45. The second kappa shape index (κ2) is 3.58. The molecule has 66 valence electrons. The highest BCUT2D eigenvalue weighted by atomic mass is 79.9. The van der Waals surface area contributed by atoms with Gasteiger partial charge in [-0.2, -0.15) is 5.10 Å². The first-order valence-electron chi connectivity index (χ1n) is 4.13. The minimum Gasteiger partial charge on any atom is -0.379 e. The van der Waals surface area contributed by atoms with Crippen molar-refractivity contribution in [3.05, 3.63) is 16.9 Å². The third kappa shape index (κ3) is 1.69. The summed E-state index contributed by atoms with van der Waals surface area (Å²) in [5.41, 5.74) is 0. The lowest BCUT2D eigenvalue weighted by molar-refractivity contribution is 0.0549. The van der Waals surface area contributed by atoms with Crippen LogP contribution in [-0.4, -0.2) is 23.0 Å². The summed E-state index contributed by atoms with van der Waals surface area (Å²) < 4.78 is 8.38. The number of nitrogens with zero attached hydrogens (tertiary/aromatic N) is 2. The van der Waals surface area contributed by atoms with Gasteiger partial charge in [0.05, 0.1) is 23.3 Å². The molecule has 1 fully saturated rings. The molecule has 2 rings (SSSR count). The van der Waals surface area contributed by atoms with E-state index >= 15 is 0 Å². The Morgan fingerprint density at radius 2 is 2.58 bits per heavy atom. The number of rotatable bonds is 1. The van der Waals surface area contributed by atoms with Crippen LogP contribution >= 0.6 is 15.9 Å². The van der Waals surface area contributed by atoms with Gasteiger partial charge in [0, 0.05) is 12.8 Å². The van der Waals surface area contributed by atoms with Crippen molar-refractivity contribution in [2.75, 3.05) is 13.2 Å². The Morgan fingerprint density at radius 1 is 1.67 bits per heavy atom. The maximum absolute atomic E-state index is 5.37. The van der Waals surface area contributed by atoms with E-state index in [9.17, 15) is 0 Å². The van der Waals surface area contributed by atoms with Gasteiger partial charge in [-0.25, -0.2) is 0 Å². The smallest absolute Gasteiger partial charge is 0.0753 e. The third-order valence-corrected chi connectivity index (χ3v) is 2.49. The van der Waals surface area contributed by atoms with Crippen molar-refractivity contribution in [3.8, 4) is 0 Å². The van der Waals surface area contributed by atoms with E-state index < -0.39 is 0 Å². The largest absolute Gasteiger partial charge is 0.379 e. The van der Waals surface area contributed by atoms with Gasteiger partial charge in [-0.3, -0.25) is 4.68 Å². The van der Waals surface area contributed by atoms with Crippen LogP contribution in [0.4, 0.5) is 0 Å². The van der Waals surface area contributed by atoms with Gasteiger partial charge in [-0.1, -0.05) is 0 Å². The van der Waals surface area contributed by atoms with Crippen molar-refractivity contribution < 1.29 is 4.74 Å². The predicted octanol–water partition coefficient (Wildman–Crippen LogP) is 2.00. The average molecular weight is 231 g/mol. The SMILES string of the molecule is Brc1cnn(C2CCCOC2)c1. The predicted molar refractivity (Wildman–Crippen MR) is 49.0 cm³/mol. The van der Waals surface area contributed by atoms with Crippen molar-refractivity contribution in [1.82, 2.24) is 9.78 Å². The van der Waals surface area contributed by atoms with E-state index in [1.54, 1.807) is 0 Å². The van der Waals surface area contributed by atoms with Crippen LogP contribution in [0, 0.1) is 0 Å². The molecular formula is C8H11BrN2O. The minimum atomic E-state index is 0.435. The van der Waals surface area contributed by atoms with Crippen LogP contribution in [0.25, 0.3) is 0 Å². The second-order valence-corrected chi connectivity index (χ2v) is 3.93. The Bertz CT molecular complexity index is 255. The van der Waals surface area contributed by atoms with Crippen LogP contribution in [0.3, 0.4) is 0 Å². The molecule has 0 bridgehead atoms. The normalized spacial score (nSPS) is 24.2. The number of ether oxygens (including phenoxy) is 1. The highest BCUT2D eigenvalue weighted by Gasteiger charge is 2.15. The quantitative estimate of drug-likeness (QED) is 0.739. The molecule has 0 radical (unpaired) electrons. The fraction of sp³-hybridized carbons (Fsp3) is 0.625.